The van der Waals surface area contributed by atoms with Crippen molar-refractivity contribution < 1.29 is 19.0 Å². The number of hydrogen-bond donors (Lipinski definition) is 2. The van der Waals surface area contributed by atoms with Crippen molar-refractivity contribution in [2.45, 2.75) is 19.9 Å². The molecule has 0 saturated carbocycles. The van der Waals surface area contributed by atoms with Crippen molar-refractivity contribution in [1.82, 2.24) is 9.55 Å². The van der Waals surface area contributed by atoms with Gasteiger partial charge >= 0.3 is 0 Å². The molecule has 0 unspecified atom stereocenters. The molecule has 3 aromatic rings. The molecule has 9 heteroatoms. The highest BCUT2D eigenvalue weighted by molar-refractivity contribution is 6.32. The number of anilines is 1. The number of nitrogens with one attached hydrogen (secondary N) is 1. The zero-order valence-electron chi connectivity index (χ0n) is 17.0. The molecule has 0 radical (unpaired) electrons. The minimum atomic E-state index is -0.499. The summed E-state index contributed by atoms with van der Waals surface area (Å²) in [6.07, 6.45) is 0.0941. The number of carbonyl (C=O) groups excluding carboxylic acids is 1. The standard InChI is InChI=1S/C22H21ClFN3O4/c1-13-17(8-9-28)22(30)27(21(25-13)14-4-3-5-15(24)10-14)12-20(29)26-16-6-7-19(31-2)18(23)11-16/h3-7,10-11,28H,8-9,12H2,1-2H3,(H,26,29). The predicted octanol–water partition coefficient (Wildman–Crippen LogP) is 3.19. The molecule has 0 fully saturated rings. The first-order chi connectivity index (χ1) is 14.8. The van der Waals surface area contributed by atoms with Crippen molar-refractivity contribution in [3.05, 3.63) is 74.9 Å². The summed E-state index contributed by atoms with van der Waals surface area (Å²) < 4.78 is 20.0. The first kappa shape index (κ1) is 22.5. The lowest BCUT2D eigenvalue weighted by Crippen LogP contribution is -2.33. The second-order valence-electron chi connectivity index (χ2n) is 6.77. The van der Waals surface area contributed by atoms with Crippen LogP contribution in [0.5, 0.6) is 5.75 Å². The van der Waals surface area contributed by atoms with E-state index in [1.54, 1.807) is 25.1 Å². The zero-order chi connectivity index (χ0) is 22.5. The average Bonchev–Trinajstić information content (AvgIpc) is 2.73. The van der Waals surface area contributed by atoms with E-state index in [-0.39, 0.29) is 25.4 Å². The summed E-state index contributed by atoms with van der Waals surface area (Å²) in [5.74, 6) is -0.374. The number of aliphatic hydroxyl groups is 1. The van der Waals surface area contributed by atoms with E-state index in [4.69, 9.17) is 16.3 Å². The summed E-state index contributed by atoms with van der Waals surface area (Å²) >= 11 is 6.09. The minimum Gasteiger partial charge on any atom is -0.495 e. The largest absolute Gasteiger partial charge is 0.495 e. The molecule has 0 aliphatic rings. The van der Waals surface area contributed by atoms with Crippen LogP contribution in [-0.4, -0.2) is 34.3 Å². The van der Waals surface area contributed by atoms with Crippen molar-refractivity contribution in [2.75, 3.05) is 19.0 Å². The number of carbonyl (C=O) groups is 1. The number of ether oxygens (including phenoxy) is 1. The van der Waals surface area contributed by atoms with Gasteiger partial charge in [0.1, 0.15) is 23.9 Å². The van der Waals surface area contributed by atoms with Crippen LogP contribution in [0.3, 0.4) is 0 Å². The van der Waals surface area contributed by atoms with E-state index < -0.39 is 17.3 Å². The second-order valence-corrected chi connectivity index (χ2v) is 7.18. The fraction of sp³-hybridized carbons (Fsp3) is 0.227. The first-order valence-electron chi connectivity index (χ1n) is 9.44. The molecule has 1 aromatic heterocycles. The maximum Gasteiger partial charge on any atom is 0.257 e. The van der Waals surface area contributed by atoms with Gasteiger partial charge in [0.2, 0.25) is 5.91 Å². The fourth-order valence-corrected chi connectivity index (χ4v) is 3.44. The van der Waals surface area contributed by atoms with E-state index in [0.29, 0.717) is 33.3 Å². The Bertz CT molecular complexity index is 1180. The van der Waals surface area contributed by atoms with Crippen molar-refractivity contribution in [2.24, 2.45) is 0 Å². The maximum absolute atomic E-state index is 13.8. The van der Waals surface area contributed by atoms with Crippen LogP contribution < -0.4 is 15.6 Å². The molecular formula is C22H21ClFN3O4. The van der Waals surface area contributed by atoms with Crippen molar-refractivity contribution >= 4 is 23.2 Å². The first-order valence-corrected chi connectivity index (χ1v) is 9.82. The topological polar surface area (TPSA) is 93.4 Å². The molecule has 2 aromatic carbocycles. The van der Waals surface area contributed by atoms with Gasteiger partial charge in [-0.05, 0) is 37.3 Å². The summed E-state index contributed by atoms with van der Waals surface area (Å²) in [6, 6.07) is 10.4. The van der Waals surface area contributed by atoms with Crippen LogP contribution >= 0.6 is 11.6 Å². The number of aliphatic hydroxyl groups excluding tert-OH is 1. The Balaban J connectivity index is 2.00. The average molecular weight is 446 g/mol. The van der Waals surface area contributed by atoms with E-state index in [2.05, 4.69) is 10.3 Å². The number of nitrogens with zero attached hydrogens (tertiary/aromatic N) is 2. The highest BCUT2D eigenvalue weighted by Gasteiger charge is 2.18. The van der Waals surface area contributed by atoms with E-state index >= 15 is 0 Å². The maximum atomic E-state index is 13.8. The van der Waals surface area contributed by atoms with E-state index in [1.807, 2.05) is 0 Å². The van der Waals surface area contributed by atoms with Gasteiger partial charge in [0, 0.05) is 35.5 Å². The SMILES string of the molecule is COc1ccc(NC(=O)Cn2c(-c3cccc(F)c3)nc(C)c(CCO)c2=O)cc1Cl. The molecule has 0 aliphatic heterocycles. The molecule has 162 valence electrons. The lowest BCUT2D eigenvalue weighted by Gasteiger charge is -2.16. The summed E-state index contributed by atoms with van der Waals surface area (Å²) in [6.45, 7) is 1.03. The third-order valence-electron chi connectivity index (χ3n) is 4.65. The molecule has 31 heavy (non-hydrogen) atoms. The zero-order valence-corrected chi connectivity index (χ0v) is 17.7. The van der Waals surface area contributed by atoms with Gasteiger partial charge in [-0.1, -0.05) is 23.7 Å². The molecule has 2 N–H and O–H groups in total. The van der Waals surface area contributed by atoms with Crippen LogP contribution in [-0.2, 0) is 17.8 Å². The van der Waals surface area contributed by atoms with Crippen LogP contribution in [0, 0.1) is 12.7 Å². The summed E-state index contributed by atoms with van der Waals surface area (Å²) in [4.78, 5) is 30.2. The van der Waals surface area contributed by atoms with E-state index in [9.17, 15) is 19.1 Å². The van der Waals surface area contributed by atoms with Crippen molar-refractivity contribution in [3.8, 4) is 17.1 Å². The lowest BCUT2D eigenvalue weighted by molar-refractivity contribution is -0.116. The molecular weight excluding hydrogens is 425 g/mol. The number of amides is 1. The summed E-state index contributed by atoms with van der Waals surface area (Å²) in [7, 11) is 1.48. The van der Waals surface area contributed by atoms with E-state index in [0.717, 1.165) is 0 Å². The van der Waals surface area contributed by atoms with Crippen LogP contribution in [0.4, 0.5) is 10.1 Å². The Morgan fingerprint density at radius 1 is 1.29 bits per heavy atom. The quantitative estimate of drug-likeness (QED) is 0.582. The van der Waals surface area contributed by atoms with Crippen molar-refractivity contribution in [3.63, 3.8) is 0 Å². The molecule has 7 nitrogen and oxygen atoms in total. The van der Waals surface area contributed by atoms with Gasteiger partial charge in [-0.25, -0.2) is 9.37 Å². The minimum absolute atomic E-state index is 0.0941. The third kappa shape index (κ3) is 5.10. The second kappa shape index (κ2) is 9.72. The van der Waals surface area contributed by atoms with E-state index in [1.165, 1.54) is 35.9 Å². The Kier molecular flexibility index (Phi) is 7.04. The Morgan fingerprint density at radius 3 is 2.71 bits per heavy atom. The fourth-order valence-electron chi connectivity index (χ4n) is 3.18. The van der Waals surface area contributed by atoms with Gasteiger partial charge < -0.3 is 15.2 Å². The van der Waals surface area contributed by atoms with Crippen LogP contribution in [0.1, 0.15) is 11.3 Å². The molecule has 3 rings (SSSR count). The van der Waals surface area contributed by atoms with Crippen LogP contribution in [0.25, 0.3) is 11.4 Å². The summed E-state index contributed by atoms with van der Waals surface area (Å²) in [5, 5.41) is 12.3. The number of halogens is 2. The number of methoxy groups -OCH3 is 1. The Hall–Kier alpha value is -3.23. The van der Waals surface area contributed by atoms with Gasteiger partial charge in [0.25, 0.3) is 5.56 Å². The molecule has 1 amide bonds. The number of benzene rings is 2. The highest BCUT2D eigenvalue weighted by Crippen LogP contribution is 2.27. The Morgan fingerprint density at radius 2 is 2.06 bits per heavy atom. The molecule has 0 saturated heterocycles. The molecule has 0 spiro atoms. The van der Waals surface area contributed by atoms with Gasteiger partial charge in [0.15, 0.2) is 0 Å². The van der Waals surface area contributed by atoms with Gasteiger partial charge in [-0.2, -0.15) is 0 Å². The van der Waals surface area contributed by atoms with Gasteiger partial charge in [-0.15, -0.1) is 0 Å². The molecule has 1 heterocycles. The number of aryl methyl sites for hydroxylation is 1. The third-order valence-corrected chi connectivity index (χ3v) is 4.95. The van der Waals surface area contributed by atoms with Gasteiger partial charge in [-0.3, -0.25) is 14.2 Å². The lowest BCUT2D eigenvalue weighted by atomic mass is 10.1. The molecule has 0 aliphatic carbocycles. The smallest absolute Gasteiger partial charge is 0.257 e. The number of rotatable bonds is 7. The number of aromatic nitrogens is 2. The molecule has 0 bridgehead atoms. The highest BCUT2D eigenvalue weighted by atomic mass is 35.5. The van der Waals surface area contributed by atoms with Crippen LogP contribution in [0.15, 0.2) is 47.3 Å². The van der Waals surface area contributed by atoms with Crippen molar-refractivity contribution in [1.29, 1.82) is 0 Å². The van der Waals surface area contributed by atoms with Gasteiger partial charge in [0.05, 0.1) is 12.1 Å². The monoisotopic (exact) mass is 445 g/mol. The Labute approximate surface area is 183 Å². The predicted molar refractivity (Wildman–Crippen MR) is 116 cm³/mol. The molecule has 0 atom stereocenters. The van der Waals surface area contributed by atoms with Crippen LogP contribution in [0.2, 0.25) is 5.02 Å². The normalized spacial score (nSPS) is 10.7. The number of hydrogen-bond acceptors (Lipinski definition) is 5. The summed E-state index contributed by atoms with van der Waals surface area (Å²) in [5.41, 5.74) is 1.02.